The number of carbonyl (C=O) groups excluding carboxylic acids is 1. The highest BCUT2D eigenvalue weighted by Crippen LogP contribution is 2.64. The minimum Gasteiger partial charge on any atom is -0.392 e. The molecule has 4 fully saturated rings. The number of allylic oxidation sites excluding steroid dienone is 2. The fourth-order valence-corrected chi connectivity index (χ4v) is 7.46. The van der Waals surface area contributed by atoms with Gasteiger partial charge >= 0.3 is 0 Å². The molecule has 3 unspecified atom stereocenters. The van der Waals surface area contributed by atoms with Crippen LogP contribution < -0.4 is 5.32 Å². The van der Waals surface area contributed by atoms with Crippen molar-refractivity contribution in [1.29, 1.82) is 0 Å². The number of ketones is 1. The lowest BCUT2D eigenvalue weighted by atomic mass is 9.47. The third-order valence-corrected chi connectivity index (χ3v) is 9.29. The van der Waals surface area contributed by atoms with Crippen LogP contribution in [0.1, 0.15) is 78.1 Å². The molecule has 1 aliphatic heterocycles. The van der Waals surface area contributed by atoms with Gasteiger partial charge in [-0.15, -0.1) is 0 Å². The highest BCUT2D eigenvalue weighted by atomic mass is 16.6. The van der Waals surface area contributed by atoms with Crippen molar-refractivity contribution >= 4 is 11.5 Å². The Morgan fingerprint density at radius 1 is 0.964 bits per heavy atom. The molecule has 1 N–H and O–H groups in total. The van der Waals surface area contributed by atoms with E-state index in [1.165, 1.54) is 25.7 Å². The normalized spacial score (nSPS) is 45.2. The molecule has 4 aliphatic carbocycles. The van der Waals surface area contributed by atoms with Crippen LogP contribution in [0.4, 0.5) is 0 Å². The third-order valence-electron chi connectivity index (χ3n) is 9.29. The zero-order chi connectivity index (χ0) is 19.4. The van der Waals surface area contributed by atoms with E-state index in [0.717, 1.165) is 69.2 Å². The summed E-state index contributed by atoms with van der Waals surface area (Å²) in [5.41, 5.74) is 3.06. The topological polar surface area (TPSA) is 50.7 Å². The Labute approximate surface area is 169 Å². The Hall–Kier alpha value is -1.16. The second-order valence-electron chi connectivity index (χ2n) is 10.6. The Bertz CT molecular complexity index is 707. The summed E-state index contributed by atoms with van der Waals surface area (Å²) >= 11 is 0. The quantitative estimate of drug-likeness (QED) is 0.706. The molecule has 5 atom stereocenters. The minimum atomic E-state index is -0.0112. The van der Waals surface area contributed by atoms with Gasteiger partial charge in [0.05, 0.1) is 5.71 Å². The molecule has 3 saturated carbocycles. The number of hydrogen-bond acceptors (Lipinski definition) is 4. The fraction of sp³-hybridized carbons (Fsp3) is 0.833. The molecule has 1 heterocycles. The lowest BCUT2D eigenvalue weighted by Gasteiger charge is -2.57. The second kappa shape index (κ2) is 6.97. The smallest absolute Gasteiger partial charge is 0.139 e. The summed E-state index contributed by atoms with van der Waals surface area (Å²) in [6.45, 7) is 6.88. The van der Waals surface area contributed by atoms with E-state index >= 15 is 0 Å². The van der Waals surface area contributed by atoms with E-state index in [9.17, 15) is 4.79 Å². The second-order valence-corrected chi connectivity index (χ2v) is 10.6. The molecule has 154 valence electrons. The van der Waals surface area contributed by atoms with E-state index < -0.39 is 0 Å². The third kappa shape index (κ3) is 2.89. The Kier molecular flexibility index (Phi) is 4.69. The standard InChI is InChI=1S/C24H36N2O2/c1-23-11-7-17(26-28-18-9-13-25-14-10-18)15-16(23)3-4-19-20-5-6-22(27)24(20,2)12-8-21(19)23/h15,18-21,25H,3-14H2,1-2H3/b26-17-/t19?,20?,21?,23-,24+/m1/s1. The van der Waals surface area contributed by atoms with Crippen molar-refractivity contribution in [2.75, 3.05) is 13.1 Å². The number of hydrogen-bond donors (Lipinski definition) is 1. The largest absolute Gasteiger partial charge is 0.392 e. The average Bonchev–Trinajstić information content (AvgIpc) is 3.02. The molecule has 0 aromatic rings. The van der Waals surface area contributed by atoms with E-state index in [1.54, 1.807) is 5.57 Å². The number of oxime groups is 1. The first-order valence-corrected chi connectivity index (χ1v) is 11.7. The zero-order valence-electron chi connectivity index (χ0n) is 17.6. The minimum absolute atomic E-state index is 0.0112. The van der Waals surface area contributed by atoms with Gasteiger partial charge in [-0.25, -0.2) is 0 Å². The number of fused-ring (bicyclic) bond motifs is 5. The highest BCUT2D eigenvalue weighted by Gasteiger charge is 2.58. The van der Waals surface area contributed by atoms with Crippen LogP contribution in [-0.4, -0.2) is 30.7 Å². The molecule has 4 nitrogen and oxygen atoms in total. The van der Waals surface area contributed by atoms with Gasteiger partial charge in [0.15, 0.2) is 0 Å². The van der Waals surface area contributed by atoms with Crippen molar-refractivity contribution in [1.82, 2.24) is 5.32 Å². The molecule has 4 heteroatoms. The van der Waals surface area contributed by atoms with Gasteiger partial charge in [0, 0.05) is 11.8 Å². The molecule has 0 bridgehead atoms. The van der Waals surface area contributed by atoms with Crippen LogP contribution in [0.15, 0.2) is 16.8 Å². The van der Waals surface area contributed by atoms with Crippen molar-refractivity contribution in [3.63, 3.8) is 0 Å². The molecule has 5 rings (SSSR count). The van der Waals surface area contributed by atoms with Crippen molar-refractivity contribution < 1.29 is 9.63 Å². The first-order valence-electron chi connectivity index (χ1n) is 11.7. The Morgan fingerprint density at radius 3 is 2.57 bits per heavy atom. The van der Waals surface area contributed by atoms with Crippen LogP contribution in [0.3, 0.4) is 0 Å². The van der Waals surface area contributed by atoms with E-state index in [2.05, 4.69) is 30.4 Å². The molecule has 0 radical (unpaired) electrons. The maximum atomic E-state index is 12.6. The van der Waals surface area contributed by atoms with Crippen LogP contribution in [0.25, 0.3) is 0 Å². The SMILES string of the molecule is C[C@]12CCC3C(CCC4=C/C(=N\OC5CCNCC5)CC[C@]43C)C1CCC2=O. The predicted octanol–water partition coefficient (Wildman–Crippen LogP) is 4.64. The van der Waals surface area contributed by atoms with Crippen LogP contribution in [0.2, 0.25) is 0 Å². The molecule has 0 spiro atoms. The lowest BCUT2D eigenvalue weighted by Crippen LogP contribution is -2.50. The van der Waals surface area contributed by atoms with Crippen molar-refractivity contribution in [3.05, 3.63) is 11.6 Å². The number of nitrogens with one attached hydrogen (secondary N) is 1. The molecule has 28 heavy (non-hydrogen) atoms. The summed E-state index contributed by atoms with van der Waals surface area (Å²) < 4.78 is 0. The summed E-state index contributed by atoms with van der Waals surface area (Å²) in [5.74, 6) is 2.69. The van der Waals surface area contributed by atoms with Gasteiger partial charge in [0.1, 0.15) is 11.9 Å². The molecule has 5 aliphatic rings. The Morgan fingerprint density at radius 2 is 1.75 bits per heavy atom. The lowest BCUT2D eigenvalue weighted by molar-refractivity contribution is -0.132. The molecule has 0 aromatic carbocycles. The van der Waals surface area contributed by atoms with Gasteiger partial charge in [-0.1, -0.05) is 24.6 Å². The number of nitrogens with zero attached hydrogens (tertiary/aromatic N) is 1. The summed E-state index contributed by atoms with van der Waals surface area (Å²) in [6.07, 6.45) is 13.8. The van der Waals surface area contributed by atoms with Crippen LogP contribution in [-0.2, 0) is 9.63 Å². The van der Waals surface area contributed by atoms with Gasteiger partial charge in [0.2, 0.25) is 0 Å². The summed E-state index contributed by atoms with van der Waals surface area (Å²) in [6, 6.07) is 0. The van der Waals surface area contributed by atoms with Crippen molar-refractivity contribution in [3.8, 4) is 0 Å². The first kappa shape index (κ1) is 18.8. The van der Waals surface area contributed by atoms with Crippen molar-refractivity contribution in [2.45, 2.75) is 84.2 Å². The van der Waals surface area contributed by atoms with E-state index in [1.807, 2.05) is 0 Å². The first-order chi connectivity index (χ1) is 13.5. The monoisotopic (exact) mass is 384 g/mol. The molecule has 0 aromatic heterocycles. The van der Waals surface area contributed by atoms with E-state index in [-0.39, 0.29) is 11.5 Å². The van der Waals surface area contributed by atoms with Gasteiger partial charge in [-0.3, -0.25) is 4.79 Å². The van der Waals surface area contributed by atoms with Gasteiger partial charge in [-0.05, 0) is 100 Å². The summed E-state index contributed by atoms with van der Waals surface area (Å²) in [7, 11) is 0. The molecular weight excluding hydrogens is 348 g/mol. The summed E-state index contributed by atoms with van der Waals surface area (Å²) in [4.78, 5) is 18.5. The summed E-state index contributed by atoms with van der Waals surface area (Å²) in [5, 5.41) is 7.96. The molecule has 0 amide bonds. The Balaban J connectivity index is 1.33. The predicted molar refractivity (Wildman–Crippen MR) is 111 cm³/mol. The average molecular weight is 385 g/mol. The van der Waals surface area contributed by atoms with Crippen LogP contribution in [0.5, 0.6) is 0 Å². The van der Waals surface area contributed by atoms with Crippen molar-refractivity contribution in [2.24, 2.45) is 33.7 Å². The van der Waals surface area contributed by atoms with Crippen LogP contribution in [0, 0.1) is 28.6 Å². The maximum absolute atomic E-state index is 12.6. The van der Waals surface area contributed by atoms with Gasteiger partial charge in [-0.2, -0.15) is 0 Å². The van der Waals surface area contributed by atoms with Gasteiger partial charge in [0.25, 0.3) is 0 Å². The van der Waals surface area contributed by atoms with Crippen LogP contribution >= 0.6 is 0 Å². The molecular formula is C24H36N2O2. The number of rotatable bonds is 2. The number of piperidine rings is 1. The number of carbonyl (C=O) groups is 1. The number of Topliss-reactive ketones (excluding diaryl/α,β-unsaturated/α-hetero) is 1. The fourth-order valence-electron chi connectivity index (χ4n) is 7.46. The zero-order valence-corrected chi connectivity index (χ0v) is 17.6. The molecule has 1 saturated heterocycles. The maximum Gasteiger partial charge on any atom is 0.139 e. The highest BCUT2D eigenvalue weighted by molar-refractivity contribution is 5.96. The van der Waals surface area contributed by atoms with E-state index in [0.29, 0.717) is 17.1 Å². The van der Waals surface area contributed by atoms with E-state index in [4.69, 9.17) is 4.84 Å². The van der Waals surface area contributed by atoms with Gasteiger partial charge < -0.3 is 10.2 Å².